The van der Waals surface area contributed by atoms with Crippen LogP contribution in [0.1, 0.15) is 18.8 Å². The number of hydrogen-bond donors (Lipinski definition) is 1. The van der Waals surface area contributed by atoms with Crippen molar-refractivity contribution in [3.63, 3.8) is 0 Å². The summed E-state index contributed by atoms with van der Waals surface area (Å²) >= 11 is 0. The topological polar surface area (TPSA) is 66.0 Å². The van der Waals surface area contributed by atoms with E-state index in [-0.39, 0.29) is 6.04 Å². The zero-order valence-electron chi connectivity index (χ0n) is 7.40. The van der Waals surface area contributed by atoms with Crippen LogP contribution in [-0.2, 0) is 11.3 Å². The first-order valence-corrected chi connectivity index (χ1v) is 3.87. The Balaban J connectivity index is 2.71. The number of ether oxygens (including phenoxy) is 1. The Kier molecular flexibility index (Phi) is 3.19. The fraction of sp³-hybridized carbons (Fsp3) is 0.714. The maximum Gasteiger partial charge on any atom is 0.140 e. The summed E-state index contributed by atoms with van der Waals surface area (Å²) in [6.45, 7) is 3.04. The van der Waals surface area contributed by atoms with Crippen molar-refractivity contribution in [2.45, 2.75) is 19.5 Å². The van der Waals surface area contributed by atoms with Crippen molar-refractivity contribution < 1.29 is 4.74 Å². The van der Waals surface area contributed by atoms with Crippen LogP contribution in [-0.4, -0.2) is 28.5 Å². The fourth-order valence-corrected chi connectivity index (χ4v) is 1.10. The highest BCUT2D eigenvalue weighted by Crippen LogP contribution is 2.05. The van der Waals surface area contributed by atoms with E-state index in [4.69, 9.17) is 10.5 Å². The molecule has 0 aliphatic carbocycles. The van der Waals surface area contributed by atoms with Crippen LogP contribution in [0.3, 0.4) is 0 Å². The lowest BCUT2D eigenvalue weighted by molar-refractivity contribution is 0.155. The van der Waals surface area contributed by atoms with E-state index in [2.05, 4.69) is 10.1 Å². The Morgan fingerprint density at radius 3 is 3.08 bits per heavy atom. The normalized spacial score (nSPS) is 13.2. The molecular weight excluding hydrogens is 156 g/mol. The molecule has 2 N–H and O–H groups in total. The minimum Gasteiger partial charge on any atom is -0.382 e. The van der Waals surface area contributed by atoms with Crippen LogP contribution in [0, 0.1) is 0 Å². The summed E-state index contributed by atoms with van der Waals surface area (Å²) in [6, 6.07) is 0.191. The minimum atomic E-state index is 0.191. The summed E-state index contributed by atoms with van der Waals surface area (Å²) in [6.07, 6.45) is 1.51. The first-order valence-electron chi connectivity index (χ1n) is 3.87. The van der Waals surface area contributed by atoms with Crippen molar-refractivity contribution >= 4 is 0 Å². The summed E-state index contributed by atoms with van der Waals surface area (Å²) in [4.78, 5) is 4.01. The number of aromatic nitrogens is 3. The summed E-state index contributed by atoms with van der Waals surface area (Å²) < 4.78 is 6.78. The van der Waals surface area contributed by atoms with Crippen molar-refractivity contribution in [1.82, 2.24) is 14.8 Å². The number of nitrogens with zero attached hydrogens (tertiary/aromatic N) is 3. The van der Waals surface area contributed by atoms with E-state index in [1.54, 1.807) is 11.8 Å². The van der Waals surface area contributed by atoms with Crippen molar-refractivity contribution in [3.8, 4) is 0 Å². The van der Waals surface area contributed by atoms with E-state index in [0.29, 0.717) is 13.2 Å². The van der Waals surface area contributed by atoms with Crippen molar-refractivity contribution in [2.24, 2.45) is 5.73 Å². The average Bonchev–Trinajstić information content (AvgIpc) is 2.51. The van der Waals surface area contributed by atoms with Gasteiger partial charge in [0.15, 0.2) is 0 Å². The molecule has 1 aromatic rings. The van der Waals surface area contributed by atoms with Crippen molar-refractivity contribution in [2.75, 3.05) is 13.7 Å². The molecule has 5 nitrogen and oxygen atoms in total. The Morgan fingerprint density at radius 1 is 1.75 bits per heavy atom. The molecule has 0 fully saturated rings. The molecule has 1 aromatic heterocycles. The quantitative estimate of drug-likeness (QED) is 0.687. The van der Waals surface area contributed by atoms with Crippen LogP contribution >= 0.6 is 0 Å². The molecule has 1 atom stereocenters. The van der Waals surface area contributed by atoms with E-state index in [9.17, 15) is 0 Å². The molecule has 12 heavy (non-hydrogen) atoms. The largest absolute Gasteiger partial charge is 0.382 e. The predicted octanol–water partition coefficient (Wildman–Crippen LogP) is -0.0558. The zero-order chi connectivity index (χ0) is 8.97. The fourth-order valence-electron chi connectivity index (χ4n) is 1.10. The van der Waals surface area contributed by atoms with E-state index in [0.717, 1.165) is 5.82 Å². The van der Waals surface area contributed by atoms with E-state index in [1.807, 2.05) is 6.92 Å². The number of methoxy groups -OCH3 is 1. The number of hydrogen-bond acceptors (Lipinski definition) is 4. The molecule has 68 valence electrons. The molecule has 1 rings (SSSR count). The monoisotopic (exact) mass is 170 g/mol. The first-order chi connectivity index (χ1) is 5.79. The van der Waals surface area contributed by atoms with Gasteiger partial charge in [0.2, 0.25) is 0 Å². The summed E-state index contributed by atoms with van der Waals surface area (Å²) in [5.41, 5.74) is 5.46. The second kappa shape index (κ2) is 4.18. The lowest BCUT2D eigenvalue weighted by Crippen LogP contribution is -2.17. The first kappa shape index (κ1) is 9.15. The van der Waals surface area contributed by atoms with E-state index in [1.165, 1.54) is 6.33 Å². The maximum atomic E-state index is 5.46. The molecule has 5 heteroatoms. The smallest absolute Gasteiger partial charge is 0.140 e. The van der Waals surface area contributed by atoms with Crippen LogP contribution in [0.25, 0.3) is 0 Å². The van der Waals surface area contributed by atoms with Crippen LogP contribution in [0.15, 0.2) is 6.33 Å². The summed E-state index contributed by atoms with van der Waals surface area (Å²) in [7, 11) is 1.66. The maximum absolute atomic E-state index is 5.46. The predicted molar refractivity (Wildman–Crippen MR) is 44.5 cm³/mol. The van der Waals surface area contributed by atoms with Gasteiger partial charge in [0, 0.05) is 7.11 Å². The third kappa shape index (κ3) is 1.80. The molecule has 1 heterocycles. The average molecular weight is 170 g/mol. The molecule has 0 aliphatic heterocycles. The molecule has 0 bridgehead atoms. The van der Waals surface area contributed by atoms with E-state index >= 15 is 0 Å². The highest BCUT2D eigenvalue weighted by molar-refractivity contribution is 4.85. The van der Waals surface area contributed by atoms with Gasteiger partial charge in [-0.25, -0.2) is 9.67 Å². The molecular formula is C7H14N4O. The van der Waals surface area contributed by atoms with Gasteiger partial charge >= 0.3 is 0 Å². The lowest BCUT2D eigenvalue weighted by Gasteiger charge is -2.12. The lowest BCUT2D eigenvalue weighted by atomic mass is 10.3. The van der Waals surface area contributed by atoms with Crippen LogP contribution in [0.4, 0.5) is 0 Å². The second-order valence-corrected chi connectivity index (χ2v) is 2.63. The van der Waals surface area contributed by atoms with Gasteiger partial charge in [-0.05, 0) is 6.92 Å². The highest BCUT2D eigenvalue weighted by atomic mass is 16.5. The Hall–Kier alpha value is -0.940. The Morgan fingerprint density at radius 2 is 2.50 bits per heavy atom. The second-order valence-electron chi connectivity index (χ2n) is 2.63. The van der Waals surface area contributed by atoms with Crippen molar-refractivity contribution in [1.29, 1.82) is 0 Å². The summed E-state index contributed by atoms with van der Waals surface area (Å²) in [5.74, 6) is 0.791. The van der Waals surface area contributed by atoms with Gasteiger partial charge in [0.25, 0.3) is 0 Å². The third-order valence-electron chi connectivity index (χ3n) is 1.66. The number of rotatable bonds is 4. The Labute approximate surface area is 71.5 Å². The highest BCUT2D eigenvalue weighted by Gasteiger charge is 2.08. The number of nitrogens with two attached hydrogens (primary N) is 1. The summed E-state index contributed by atoms with van der Waals surface area (Å²) in [5, 5.41) is 4.05. The molecule has 0 aliphatic rings. The molecule has 0 aromatic carbocycles. The van der Waals surface area contributed by atoms with Gasteiger partial charge < -0.3 is 10.5 Å². The van der Waals surface area contributed by atoms with Crippen LogP contribution in [0.5, 0.6) is 0 Å². The molecule has 0 spiro atoms. The Bertz CT molecular complexity index is 235. The van der Waals surface area contributed by atoms with E-state index < -0.39 is 0 Å². The third-order valence-corrected chi connectivity index (χ3v) is 1.66. The molecule has 1 unspecified atom stereocenters. The molecule has 0 saturated heterocycles. The van der Waals surface area contributed by atoms with Crippen LogP contribution in [0.2, 0.25) is 0 Å². The minimum absolute atomic E-state index is 0.191. The zero-order valence-corrected chi connectivity index (χ0v) is 7.40. The molecule has 0 amide bonds. The van der Waals surface area contributed by atoms with Crippen LogP contribution < -0.4 is 5.73 Å². The van der Waals surface area contributed by atoms with Gasteiger partial charge in [-0.2, -0.15) is 5.10 Å². The SMILES string of the molecule is COCC(C)n1ncnc1CN. The van der Waals surface area contributed by atoms with Gasteiger partial charge in [-0.1, -0.05) is 0 Å². The molecule has 0 saturated carbocycles. The standard InChI is InChI=1S/C7H14N4O/c1-6(4-12-2)11-7(3-8)9-5-10-11/h5-6H,3-4,8H2,1-2H3. The van der Waals surface area contributed by atoms with Gasteiger partial charge in [0.05, 0.1) is 19.2 Å². The van der Waals surface area contributed by atoms with Crippen molar-refractivity contribution in [3.05, 3.63) is 12.2 Å². The molecule has 0 radical (unpaired) electrons. The van der Waals surface area contributed by atoms with Gasteiger partial charge in [0.1, 0.15) is 12.2 Å². The van der Waals surface area contributed by atoms with Gasteiger partial charge in [-0.15, -0.1) is 0 Å². The van der Waals surface area contributed by atoms with Gasteiger partial charge in [-0.3, -0.25) is 0 Å².